The first-order valence-corrected chi connectivity index (χ1v) is 13.6. The second-order valence-electron chi connectivity index (χ2n) is 8.87. The van der Waals surface area contributed by atoms with Gasteiger partial charge in [0.2, 0.25) is 0 Å². The van der Waals surface area contributed by atoms with Crippen LogP contribution in [0.5, 0.6) is 0 Å². The van der Waals surface area contributed by atoms with E-state index >= 15 is 0 Å². The van der Waals surface area contributed by atoms with E-state index in [1.807, 2.05) is 23.1 Å². The second kappa shape index (κ2) is 13.0. The summed E-state index contributed by atoms with van der Waals surface area (Å²) in [5, 5.41) is 12.2. The van der Waals surface area contributed by atoms with Gasteiger partial charge in [0.25, 0.3) is 5.91 Å². The van der Waals surface area contributed by atoms with Gasteiger partial charge in [-0.25, -0.2) is 18.6 Å². The Balaban J connectivity index is 1.76. The smallest absolute Gasteiger partial charge is 0.326 e. The number of nitrogens with one attached hydrogen (secondary N) is 1. The number of amides is 1. The lowest BCUT2D eigenvalue weighted by Crippen LogP contribution is -2.41. The van der Waals surface area contributed by atoms with Gasteiger partial charge in [-0.2, -0.15) is 11.8 Å². The number of rotatable bonds is 11. The number of thioether (sulfide) groups is 1. The molecule has 0 saturated carbocycles. The Morgan fingerprint density at radius 2 is 1.74 bits per heavy atom. The van der Waals surface area contributed by atoms with E-state index in [0.29, 0.717) is 23.4 Å². The quantitative estimate of drug-likeness (QED) is 0.225. The molecule has 0 radical (unpaired) electrons. The van der Waals surface area contributed by atoms with Gasteiger partial charge >= 0.3 is 5.97 Å². The molecule has 0 aliphatic rings. The third kappa shape index (κ3) is 7.42. The predicted molar refractivity (Wildman–Crippen MR) is 150 cm³/mol. The zero-order chi connectivity index (χ0) is 27.8. The van der Waals surface area contributed by atoms with Crippen LogP contribution in [0.1, 0.15) is 27.9 Å². The number of aliphatic carboxylic acids is 1. The zero-order valence-electron chi connectivity index (χ0n) is 21.2. The molecular formula is C30H27F2N3O3S. The van der Waals surface area contributed by atoms with Crippen LogP contribution in [0.4, 0.5) is 8.78 Å². The summed E-state index contributed by atoms with van der Waals surface area (Å²) >= 11 is 1.50. The molecule has 6 nitrogen and oxygen atoms in total. The van der Waals surface area contributed by atoms with E-state index in [9.17, 15) is 23.5 Å². The van der Waals surface area contributed by atoms with Crippen LogP contribution in [0.15, 0.2) is 85.5 Å². The van der Waals surface area contributed by atoms with Gasteiger partial charge in [-0.1, -0.05) is 30.3 Å². The standard InChI is InChI=1S/C30H27F2N3O3S/c1-39-15-12-28(30(37)38)34-29(36)26-11-2-20(17-27(26)22-5-9-25(32)10-6-22)16-23(18-35-14-13-33-19-35)21-3-7-24(31)8-4-21/h2-11,13-14,16-17,19,28H,12,15,18H2,1H3,(H,34,36)(H,37,38)/b23-16+/t28-/m0/s1. The molecule has 2 N–H and O–H groups in total. The van der Waals surface area contributed by atoms with Gasteiger partial charge in [-0.3, -0.25) is 4.79 Å². The molecule has 9 heteroatoms. The molecule has 1 aromatic heterocycles. The van der Waals surface area contributed by atoms with Crippen molar-refractivity contribution in [3.8, 4) is 11.1 Å². The van der Waals surface area contributed by atoms with Gasteiger partial charge in [-0.15, -0.1) is 0 Å². The Labute approximate surface area is 229 Å². The van der Waals surface area contributed by atoms with Gasteiger partial charge in [0.1, 0.15) is 17.7 Å². The van der Waals surface area contributed by atoms with Gasteiger partial charge in [-0.05, 0) is 88.7 Å². The molecule has 3 aromatic carbocycles. The molecular weight excluding hydrogens is 520 g/mol. The number of allylic oxidation sites excluding steroid dienone is 1. The molecule has 39 heavy (non-hydrogen) atoms. The number of imidazole rings is 1. The minimum Gasteiger partial charge on any atom is -0.480 e. The topological polar surface area (TPSA) is 84.2 Å². The van der Waals surface area contributed by atoms with Crippen LogP contribution in [-0.2, 0) is 11.3 Å². The van der Waals surface area contributed by atoms with Crippen molar-refractivity contribution in [1.82, 2.24) is 14.9 Å². The molecule has 0 spiro atoms. The Morgan fingerprint density at radius 3 is 2.36 bits per heavy atom. The van der Waals surface area contributed by atoms with Gasteiger partial charge < -0.3 is 15.0 Å². The van der Waals surface area contributed by atoms with Crippen molar-refractivity contribution in [2.24, 2.45) is 0 Å². The van der Waals surface area contributed by atoms with Crippen molar-refractivity contribution < 1.29 is 23.5 Å². The molecule has 0 aliphatic carbocycles. The maximum Gasteiger partial charge on any atom is 0.326 e. The highest BCUT2D eigenvalue weighted by atomic mass is 32.2. The second-order valence-corrected chi connectivity index (χ2v) is 9.85. The van der Waals surface area contributed by atoms with Crippen molar-refractivity contribution in [3.63, 3.8) is 0 Å². The van der Waals surface area contributed by atoms with Gasteiger partial charge in [0.15, 0.2) is 0 Å². The number of halogens is 2. The third-order valence-corrected chi connectivity index (χ3v) is 6.77. The lowest BCUT2D eigenvalue weighted by atomic mass is 9.94. The monoisotopic (exact) mass is 547 g/mol. The van der Waals surface area contributed by atoms with Crippen molar-refractivity contribution in [2.45, 2.75) is 19.0 Å². The first-order chi connectivity index (χ1) is 18.8. The number of carbonyl (C=O) groups excluding carboxylic acids is 1. The lowest BCUT2D eigenvalue weighted by molar-refractivity contribution is -0.139. The van der Waals surface area contributed by atoms with E-state index in [4.69, 9.17) is 0 Å². The minimum atomic E-state index is -1.11. The molecule has 4 rings (SSSR count). The Bertz CT molecular complexity index is 1450. The average molecular weight is 548 g/mol. The predicted octanol–water partition coefficient (Wildman–Crippen LogP) is 6.01. The van der Waals surface area contributed by atoms with Crippen LogP contribution in [0.3, 0.4) is 0 Å². The van der Waals surface area contributed by atoms with Crippen LogP contribution in [0.2, 0.25) is 0 Å². The third-order valence-electron chi connectivity index (χ3n) is 6.13. The first kappa shape index (κ1) is 27.8. The largest absolute Gasteiger partial charge is 0.480 e. The minimum absolute atomic E-state index is 0.270. The molecule has 0 saturated heterocycles. The number of nitrogens with zero attached hydrogens (tertiary/aromatic N) is 2. The van der Waals surface area contributed by atoms with Crippen molar-refractivity contribution in [1.29, 1.82) is 0 Å². The fourth-order valence-electron chi connectivity index (χ4n) is 4.11. The first-order valence-electron chi connectivity index (χ1n) is 12.2. The number of hydrogen-bond donors (Lipinski definition) is 2. The summed E-state index contributed by atoms with van der Waals surface area (Å²) in [5.41, 5.74) is 3.84. The molecule has 0 aliphatic heterocycles. The van der Waals surface area contributed by atoms with E-state index in [1.165, 1.54) is 36.0 Å². The fraction of sp³-hybridized carbons (Fsp3) is 0.167. The molecule has 0 unspecified atom stereocenters. The summed E-state index contributed by atoms with van der Waals surface area (Å²) in [6.45, 7) is 0.468. The SMILES string of the molecule is CSCC[C@H](NC(=O)c1ccc(/C=C(\Cn2ccnc2)c2ccc(F)cc2)cc1-c1ccc(F)cc1)C(=O)O. The van der Waals surface area contributed by atoms with E-state index in [2.05, 4.69) is 10.3 Å². The van der Waals surface area contributed by atoms with Crippen LogP contribution >= 0.6 is 11.8 Å². The molecule has 1 heterocycles. The summed E-state index contributed by atoms with van der Waals surface area (Å²) in [5.74, 6) is -1.82. The summed E-state index contributed by atoms with van der Waals surface area (Å²) in [7, 11) is 0. The van der Waals surface area contributed by atoms with Crippen molar-refractivity contribution >= 4 is 35.3 Å². The molecule has 0 fully saturated rings. The summed E-state index contributed by atoms with van der Waals surface area (Å²) in [4.78, 5) is 29.1. The maximum atomic E-state index is 13.7. The zero-order valence-corrected chi connectivity index (χ0v) is 22.0. The highest BCUT2D eigenvalue weighted by Gasteiger charge is 2.22. The number of carboxylic acid groups (broad SMARTS) is 1. The highest BCUT2D eigenvalue weighted by Crippen LogP contribution is 2.29. The van der Waals surface area contributed by atoms with Gasteiger partial charge in [0, 0.05) is 24.5 Å². The van der Waals surface area contributed by atoms with E-state index in [0.717, 1.165) is 16.7 Å². The fourth-order valence-corrected chi connectivity index (χ4v) is 4.58. The Kier molecular flexibility index (Phi) is 9.27. The number of carbonyl (C=O) groups is 2. The highest BCUT2D eigenvalue weighted by molar-refractivity contribution is 7.98. The van der Waals surface area contributed by atoms with Crippen LogP contribution in [0.25, 0.3) is 22.8 Å². The summed E-state index contributed by atoms with van der Waals surface area (Å²) < 4.78 is 29.2. The summed E-state index contributed by atoms with van der Waals surface area (Å²) in [6, 6.07) is 16.1. The Hall–Kier alpha value is -4.24. The normalized spacial score (nSPS) is 12.2. The molecule has 0 bridgehead atoms. The van der Waals surface area contributed by atoms with E-state index in [1.54, 1.807) is 55.0 Å². The van der Waals surface area contributed by atoms with E-state index in [-0.39, 0.29) is 17.8 Å². The maximum absolute atomic E-state index is 13.7. The number of carboxylic acids is 1. The van der Waals surface area contributed by atoms with Crippen LogP contribution < -0.4 is 5.32 Å². The Morgan fingerprint density at radius 1 is 1.05 bits per heavy atom. The number of aromatic nitrogens is 2. The van der Waals surface area contributed by atoms with Crippen molar-refractivity contribution in [2.75, 3.05) is 12.0 Å². The van der Waals surface area contributed by atoms with Crippen molar-refractivity contribution in [3.05, 3.63) is 114 Å². The van der Waals surface area contributed by atoms with E-state index < -0.39 is 23.7 Å². The lowest BCUT2D eigenvalue weighted by Gasteiger charge is -2.17. The molecule has 4 aromatic rings. The number of hydrogen-bond acceptors (Lipinski definition) is 4. The van der Waals surface area contributed by atoms with Crippen LogP contribution in [0, 0.1) is 11.6 Å². The molecule has 200 valence electrons. The average Bonchev–Trinajstić information content (AvgIpc) is 3.44. The summed E-state index contributed by atoms with van der Waals surface area (Å²) in [6.07, 6.45) is 9.26. The molecule has 1 atom stereocenters. The van der Waals surface area contributed by atoms with Gasteiger partial charge in [0.05, 0.1) is 6.33 Å². The number of benzene rings is 3. The molecule has 1 amide bonds. The van der Waals surface area contributed by atoms with Crippen LogP contribution in [-0.4, -0.2) is 44.6 Å².